The first-order valence-electron chi connectivity index (χ1n) is 8.09. The van der Waals surface area contributed by atoms with E-state index in [-0.39, 0.29) is 17.9 Å². The van der Waals surface area contributed by atoms with Gasteiger partial charge in [-0.2, -0.15) is 0 Å². The minimum atomic E-state index is -0.417. The van der Waals surface area contributed by atoms with Crippen LogP contribution in [0.3, 0.4) is 0 Å². The molecule has 0 N–H and O–H groups in total. The van der Waals surface area contributed by atoms with Gasteiger partial charge in [0.2, 0.25) is 0 Å². The Morgan fingerprint density at radius 2 is 1.77 bits per heavy atom. The molecule has 0 bridgehead atoms. The second-order valence-corrected chi connectivity index (χ2v) is 6.13. The summed E-state index contributed by atoms with van der Waals surface area (Å²) in [5.41, 5.74) is 2.53. The molecule has 2 amide bonds. The largest absolute Gasteiger partial charge is 0.495 e. The van der Waals surface area contributed by atoms with Crippen LogP contribution in [0.4, 0.5) is 4.39 Å². The molecule has 3 aromatic rings. The van der Waals surface area contributed by atoms with Crippen LogP contribution < -0.4 is 4.74 Å². The van der Waals surface area contributed by atoms with E-state index in [2.05, 4.69) is 4.98 Å². The van der Waals surface area contributed by atoms with Gasteiger partial charge in [0.1, 0.15) is 11.6 Å². The molecule has 6 heteroatoms. The van der Waals surface area contributed by atoms with E-state index in [1.165, 1.54) is 19.2 Å². The van der Waals surface area contributed by atoms with Crippen molar-refractivity contribution in [2.75, 3.05) is 7.11 Å². The fourth-order valence-electron chi connectivity index (χ4n) is 3.40. The Morgan fingerprint density at radius 1 is 1.08 bits per heavy atom. The van der Waals surface area contributed by atoms with Gasteiger partial charge < -0.3 is 4.74 Å². The number of imide groups is 1. The third-order valence-corrected chi connectivity index (χ3v) is 4.64. The fourth-order valence-corrected chi connectivity index (χ4v) is 3.40. The molecule has 0 saturated carbocycles. The predicted octanol–water partition coefficient (Wildman–Crippen LogP) is 3.49. The molecule has 1 aliphatic rings. The Kier molecular flexibility index (Phi) is 3.68. The first-order valence-corrected chi connectivity index (χ1v) is 8.09. The maximum Gasteiger partial charge on any atom is 0.265 e. The van der Waals surface area contributed by atoms with Gasteiger partial charge in [-0.3, -0.25) is 19.5 Å². The Hall–Kier alpha value is -3.28. The number of benzene rings is 2. The molecular formula is C20H15FN2O3. The van der Waals surface area contributed by atoms with Crippen molar-refractivity contribution in [3.05, 3.63) is 70.7 Å². The second kappa shape index (κ2) is 5.91. The van der Waals surface area contributed by atoms with E-state index >= 15 is 0 Å². The number of rotatable bonds is 3. The zero-order valence-corrected chi connectivity index (χ0v) is 14.2. The van der Waals surface area contributed by atoms with Gasteiger partial charge in [0.05, 0.1) is 30.3 Å². The van der Waals surface area contributed by atoms with Crippen LogP contribution in [0.25, 0.3) is 10.9 Å². The van der Waals surface area contributed by atoms with Gasteiger partial charge in [-0.1, -0.05) is 12.1 Å². The van der Waals surface area contributed by atoms with Crippen LogP contribution in [0.2, 0.25) is 0 Å². The zero-order valence-electron chi connectivity index (χ0n) is 14.2. The van der Waals surface area contributed by atoms with E-state index in [0.29, 0.717) is 33.3 Å². The number of aromatic nitrogens is 1. The number of pyridine rings is 1. The number of fused-ring (bicyclic) bond motifs is 2. The van der Waals surface area contributed by atoms with E-state index in [9.17, 15) is 14.0 Å². The van der Waals surface area contributed by atoms with Crippen LogP contribution in [0.1, 0.15) is 31.8 Å². The molecule has 2 heterocycles. The first-order chi connectivity index (χ1) is 12.5. The average molecular weight is 350 g/mol. The van der Waals surface area contributed by atoms with Gasteiger partial charge in [0.15, 0.2) is 0 Å². The second-order valence-electron chi connectivity index (χ2n) is 6.13. The number of ether oxygens (including phenoxy) is 1. The molecule has 26 heavy (non-hydrogen) atoms. The summed E-state index contributed by atoms with van der Waals surface area (Å²) in [5.74, 6) is -0.822. The van der Waals surface area contributed by atoms with Crippen LogP contribution >= 0.6 is 0 Å². The highest BCUT2D eigenvalue weighted by molar-refractivity contribution is 6.25. The molecule has 0 spiro atoms. The minimum Gasteiger partial charge on any atom is -0.495 e. The summed E-state index contributed by atoms with van der Waals surface area (Å²) in [5, 5.41) is 0.691. The van der Waals surface area contributed by atoms with E-state index < -0.39 is 11.8 Å². The number of aryl methyl sites for hydroxylation is 1. The summed E-state index contributed by atoms with van der Waals surface area (Å²) in [4.78, 5) is 31.4. The molecule has 0 saturated heterocycles. The Labute approximate surface area is 149 Å². The number of methoxy groups -OCH3 is 1. The standard InChI is InChI=1S/C20H15FN2O3/c1-11-15-16(18(26-2)14-4-3-9-22-17(11)14)20(25)23(19(15)24)10-12-5-7-13(21)8-6-12/h3-9H,10H2,1-2H3. The van der Waals surface area contributed by atoms with Gasteiger partial charge in [-0.25, -0.2) is 4.39 Å². The van der Waals surface area contributed by atoms with Crippen molar-refractivity contribution in [3.63, 3.8) is 0 Å². The normalized spacial score (nSPS) is 13.4. The highest BCUT2D eigenvalue weighted by Gasteiger charge is 2.41. The molecule has 2 aromatic carbocycles. The summed E-state index contributed by atoms with van der Waals surface area (Å²) in [6, 6.07) is 9.29. The van der Waals surface area contributed by atoms with E-state index in [1.54, 1.807) is 31.3 Å². The molecule has 1 aliphatic heterocycles. The Morgan fingerprint density at radius 3 is 2.46 bits per heavy atom. The summed E-state index contributed by atoms with van der Waals surface area (Å²) in [7, 11) is 1.47. The van der Waals surface area contributed by atoms with Gasteiger partial charge in [0, 0.05) is 11.6 Å². The molecule has 1 aromatic heterocycles. The van der Waals surface area contributed by atoms with E-state index in [0.717, 1.165) is 4.90 Å². The maximum absolute atomic E-state index is 13.1. The van der Waals surface area contributed by atoms with Gasteiger partial charge in [0.25, 0.3) is 11.8 Å². The van der Waals surface area contributed by atoms with Crippen molar-refractivity contribution in [2.24, 2.45) is 0 Å². The maximum atomic E-state index is 13.1. The van der Waals surface area contributed by atoms with Crippen LogP contribution in [0, 0.1) is 12.7 Å². The third-order valence-electron chi connectivity index (χ3n) is 4.64. The lowest BCUT2D eigenvalue weighted by Crippen LogP contribution is -2.29. The van der Waals surface area contributed by atoms with E-state index in [4.69, 9.17) is 4.74 Å². The predicted molar refractivity (Wildman–Crippen MR) is 93.6 cm³/mol. The smallest absolute Gasteiger partial charge is 0.265 e. The molecule has 0 fully saturated rings. The monoisotopic (exact) mass is 350 g/mol. The molecule has 0 radical (unpaired) electrons. The van der Waals surface area contributed by atoms with Crippen LogP contribution in [0.5, 0.6) is 5.75 Å². The van der Waals surface area contributed by atoms with Gasteiger partial charge in [-0.05, 0) is 42.3 Å². The molecule has 0 aliphatic carbocycles. The zero-order chi connectivity index (χ0) is 18.4. The van der Waals surface area contributed by atoms with Crippen molar-refractivity contribution in [3.8, 4) is 5.75 Å². The fraction of sp³-hybridized carbons (Fsp3) is 0.150. The molecule has 0 unspecified atom stereocenters. The third kappa shape index (κ3) is 2.26. The summed E-state index contributed by atoms with van der Waals surface area (Å²) in [6.45, 7) is 1.85. The topological polar surface area (TPSA) is 59.5 Å². The van der Waals surface area contributed by atoms with Crippen molar-refractivity contribution in [1.29, 1.82) is 0 Å². The lowest BCUT2D eigenvalue weighted by Gasteiger charge is -2.14. The van der Waals surface area contributed by atoms with Crippen molar-refractivity contribution < 1.29 is 18.7 Å². The lowest BCUT2D eigenvalue weighted by atomic mass is 9.98. The van der Waals surface area contributed by atoms with Crippen LogP contribution in [-0.4, -0.2) is 28.8 Å². The molecule has 130 valence electrons. The van der Waals surface area contributed by atoms with Crippen LogP contribution in [-0.2, 0) is 6.54 Å². The van der Waals surface area contributed by atoms with E-state index in [1.807, 2.05) is 6.07 Å². The summed E-state index contributed by atoms with van der Waals surface area (Å²) in [6.07, 6.45) is 1.64. The number of carbonyl (C=O) groups excluding carboxylic acids is 2. The van der Waals surface area contributed by atoms with Gasteiger partial charge >= 0.3 is 0 Å². The van der Waals surface area contributed by atoms with Crippen molar-refractivity contribution >= 4 is 22.7 Å². The number of amides is 2. The summed E-state index contributed by atoms with van der Waals surface area (Å²) >= 11 is 0. The number of carbonyl (C=O) groups is 2. The Bertz CT molecular complexity index is 1060. The lowest BCUT2D eigenvalue weighted by molar-refractivity contribution is 0.0641. The highest BCUT2D eigenvalue weighted by Crippen LogP contribution is 2.40. The first kappa shape index (κ1) is 16.2. The molecule has 5 nitrogen and oxygen atoms in total. The number of nitrogens with zero attached hydrogens (tertiary/aromatic N) is 2. The molecule has 4 rings (SSSR count). The SMILES string of the molecule is COc1c2c(c(C)c3ncccc13)C(=O)N(Cc1ccc(F)cc1)C2=O. The number of hydrogen-bond acceptors (Lipinski definition) is 4. The highest BCUT2D eigenvalue weighted by atomic mass is 19.1. The number of hydrogen-bond donors (Lipinski definition) is 0. The van der Waals surface area contributed by atoms with Crippen molar-refractivity contribution in [2.45, 2.75) is 13.5 Å². The average Bonchev–Trinajstić information content (AvgIpc) is 2.89. The van der Waals surface area contributed by atoms with Crippen molar-refractivity contribution in [1.82, 2.24) is 9.88 Å². The van der Waals surface area contributed by atoms with Crippen LogP contribution in [0.15, 0.2) is 42.6 Å². The Balaban J connectivity index is 1.87. The quantitative estimate of drug-likeness (QED) is 0.679. The van der Waals surface area contributed by atoms with Gasteiger partial charge in [-0.15, -0.1) is 0 Å². The molecular weight excluding hydrogens is 335 g/mol. The summed E-state index contributed by atoms with van der Waals surface area (Å²) < 4.78 is 18.6. The molecule has 0 atom stereocenters. The number of halogens is 1. The minimum absolute atomic E-state index is 0.0684.